The van der Waals surface area contributed by atoms with E-state index in [0.717, 1.165) is 6.42 Å². The molecule has 0 saturated carbocycles. The van der Waals surface area contributed by atoms with E-state index < -0.39 is 0 Å². The first-order chi connectivity index (χ1) is 17.6. The van der Waals surface area contributed by atoms with Gasteiger partial charge in [0.25, 0.3) is 0 Å². The first-order valence-electron chi connectivity index (χ1n) is 13.6. The Labute approximate surface area is 265 Å². The molecule has 39 heavy (non-hydrogen) atoms. The molecule has 0 aromatic heterocycles. The molecule has 0 N–H and O–H groups in total. The van der Waals surface area contributed by atoms with Crippen molar-refractivity contribution in [3.05, 3.63) is 124 Å². The van der Waals surface area contributed by atoms with E-state index in [2.05, 4.69) is 127 Å². The predicted octanol–water partition coefficient (Wildman–Crippen LogP) is 3.50. The van der Waals surface area contributed by atoms with Gasteiger partial charge in [0.15, 0.2) is 0 Å². The molecule has 4 aromatic rings. The summed E-state index contributed by atoms with van der Waals surface area (Å²) in [7, 11) is 0. The molecule has 0 atom stereocenters. The zero-order chi connectivity index (χ0) is 27.0. The van der Waals surface area contributed by atoms with E-state index in [1.54, 1.807) is 0 Å². The number of rotatable bonds is 4. The third kappa shape index (κ3) is 10.7. The SMILES string of the molecule is CCCCc1cc(C(C)(C)C)c[cH-]1.C[C](=[Zr+2])c1ccccc1.Cc1[c-]c2c(cc1)-c1ccc(C)cc1C2.[Cl-].[Cl-]. The number of halogens is 2. The molecule has 1 aliphatic carbocycles. The van der Waals surface area contributed by atoms with Crippen LogP contribution in [0.4, 0.5) is 0 Å². The van der Waals surface area contributed by atoms with Crippen molar-refractivity contribution >= 4 is 3.21 Å². The predicted molar refractivity (Wildman–Crippen MR) is 159 cm³/mol. The van der Waals surface area contributed by atoms with Gasteiger partial charge in [0, 0.05) is 0 Å². The van der Waals surface area contributed by atoms with Gasteiger partial charge < -0.3 is 24.8 Å². The molecule has 0 aliphatic heterocycles. The minimum Gasteiger partial charge on any atom is -1.00 e. The summed E-state index contributed by atoms with van der Waals surface area (Å²) in [4.78, 5) is 0. The molecule has 206 valence electrons. The van der Waals surface area contributed by atoms with E-state index in [4.69, 9.17) is 0 Å². The number of benzene rings is 3. The Morgan fingerprint density at radius 1 is 0.923 bits per heavy atom. The van der Waals surface area contributed by atoms with Crippen molar-refractivity contribution in [3.63, 3.8) is 0 Å². The van der Waals surface area contributed by atoms with Crippen LogP contribution in [0.1, 0.15) is 86.4 Å². The molecule has 0 spiro atoms. The minimum atomic E-state index is 0. The van der Waals surface area contributed by atoms with Crippen molar-refractivity contribution < 1.29 is 49.0 Å². The maximum Gasteiger partial charge on any atom is -0.0253 e. The molecule has 0 radical (unpaired) electrons. The van der Waals surface area contributed by atoms with E-state index in [-0.39, 0.29) is 24.8 Å². The van der Waals surface area contributed by atoms with Crippen molar-refractivity contribution in [1.29, 1.82) is 0 Å². The van der Waals surface area contributed by atoms with Gasteiger partial charge in [-0.05, 0) is 18.9 Å². The van der Waals surface area contributed by atoms with Crippen molar-refractivity contribution in [2.24, 2.45) is 0 Å². The number of fused-ring (bicyclic) bond motifs is 3. The van der Waals surface area contributed by atoms with Crippen LogP contribution in [0.15, 0.2) is 78.9 Å². The fourth-order valence-electron chi connectivity index (χ4n) is 4.55. The average molecular weight is 637 g/mol. The van der Waals surface area contributed by atoms with E-state index in [9.17, 15) is 0 Å². The van der Waals surface area contributed by atoms with Crippen LogP contribution < -0.4 is 24.8 Å². The van der Waals surface area contributed by atoms with Crippen LogP contribution in [-0.4, -0.2) is 3.21 Å². The Kier molecular flexibility index (Phi) is 15.0. The summed E-state index contributed by atoms with van der Waals surface area (Å²) in [5.74, 6) is 0. The molecule has 0 saturated heterocycles. The molecule has 0 heterocycles. The number of unbranched alkanes of at least 4 members (excludes halogenated alkanes) is 1. The van der Waals surface area contributed by atoms with E-state index in [1.165, 1.54) is 96.8 Å². The van der Waals surface area contributed by atoms with Gasteiger partial charge in [0.1, 0.15) is 0 Å². The van der Waals surface area contributed by atoms with Gasteiger partial charge in [-0.1, -0.05) is 88.6 Å². The number of aryl methyl sites for hydroxylation is 3. The second kappa shape index (κ2) is 16.6. The van der Waals surface area contributed by atoms with Gasteiger partial charge >= 0.3 is 70.3 Å². The van der Waals surface area contributed by atoms with Crippen LogP contribution in [0.5, 0.6) is 0 Å². The summed E-state index contributed by atoms with van der Waals surface area (Å²) in [6.45, 7) is 15.5. The van der Waals surface area contributed by atoms with Gasteiger partial charge in [-0.3, -0.25) is 0 Å². The fraction of sp³-hybridized carbons (Fsp3) is 0.333. The summed E-state index contributed by atoms with van der Waals surface area (Å²) >= 11 is 1.51. The normalized spacial score (nSPS) is 10.9. The smallest absolute Gasteiger partial charge is 0.0253 e. The summed E-state index contributed by atoms with van der Waals surface area (Å²) in [5, 5.41) is 0. The molecule has 1 aliphatic rings. The van der Waals surface area contributed by atoms with Crippen molar-refractivity contribution in [1.82, 2.24) is 0 Å². The van der Waals surface area contributed by atoms with Crippen LogP contribution in [0.2, 0.25) is 0 Å². The average Bonchev–Trinajstić information content (AvgIpc) is 3.48. The van der Waals surface area contributed by atoms with Crippen molar-refractivity contribution in [3.8, 4) is 11.1 Å². The molecule has 5 rings (SSSR count). The standard InChI is InChI=1S/C15H13.C13H21.C8H8.2ClH.Zr/c1-10-3-5-14-12(7-10)9-13-8-11(2)4-6-15(13)14;1-5-6-7-11-8-9-12(10-11)13(2,3)4;1-2-8-6-4-3-5-7-8;;;/h3-7H,9H2,1-2H3;8-10H,5-7H2,1-4H3;3-7H,1H3;2*1H;/q2*-1;;;;+2/p-2. The number of hydrogen-bond acceptors (Lipinski definition) is 0. The summed E-state index contributed by atoms with van der Waals surface area (Å²) in [5.41, 5.74) is 12.8. The van der Waals surface area contributed by atoms with Crippen LogP contribution in [-0.2, 0) is 42.5 Å². The topological polar surface area (TPSA) is 0 Å². The second-order valence-electron chi connectivity index (χ2n) is 11.2. The summed E-state index contributed by atoms with van der Waals surface area (Å²) < 4.78 is 1.46. The van der Waals surface area contributed by atoms with E-state index in [0.29, 0.717) is 5.41 Å². The van der Waals surface area contributed by atoms with Crippen molar-refractivity contribution in [2.45, 2.75) is 79.6 Å². The minimum absolute atomic E-state index is 0. The zero-order valence-corrected chi connectivity index (χ0v) is 28.6. The van der Waals surface area contributed by atoms with Crippen LogP contribution in [0.25, 0.3) is 11.1 Å². The third-order valence-electron chi connectivity index (χ3n) is 6.80. The Bertz CT molecular complexity index is 1260. The van der Waals surface area contributed by atoms with Gasteiger partial charge in [-0.15, -0.1) is 11.1 Å². The van der Waals surface area contributed by atoms with E-state index >= 15 is 0 Å². The number of hydrogen-bond donors (Lipinski definition) is 0. The molecule has 0 fully saturated rings. The van der Waals surface area contributed by atoms with Crippen molar-refractivity contribution in [2.75, 3.05) is 0 Å². The largest absolute Gasteiger partial charge is 1.00 e. The Balaban J connectivity index is 0.000000294. The first-order valence-corrected chi connectivity index (χ1v) is 14.8. The Hall–Kier alpha value is -1.66. The molecule has 0 nitrogen and oxygen atoms in total. The molecular weight excluding hydrogens is 595 g/mol. The molecule has 0 unspecified atom stereocenters. The molecule has 3 heteroatoms. The van der Waals surface area contributed by atoms with Gasteiger partial charge in [-0.25, -0.2) is 6.07 Å². The quantitative estimate of drug-likeness (QED) is 0.265. The van der Waals surface area contributed by atoms with Crippen LogP contribution in [0, 0.1) is 19.9 Å². The van der Waals surface area contributed by atoms with Gasteiger partial charge in [0.2, 0.25) is 0 Å². The maximum absolute atomic E-state index is 3.45. The van der Waals surface area contributed by atoms with Crippen LogP contribution in [0.3, 0.4) is 0 Å². The second-order valence-corrected chi connectivity index (χ2v) is 13.1. The third-order valence-corrected chi connectivity index (χ3v) is 7.51. The zero-order valence-electron chi connectivity index (χ0n) is 24.6. The maximum atomic E-state index is 3.45. The molecule has 0 bridgehead atoms. The summed E-state index contributed by atoms with van der Waals surface area (Å²) in [6, 6.07) is 31.9. The Morgan fingerprint density at radius 2 is 1.59 bits per heavy atom. The Morgan fingerprint density at radius 3 is 2.15 bits per heavy atom. The first kappa shape index (κ1) is 35.4. The molecular formula is C36H42Cl2Zr-2. The van der Waals surface area contributed by atoms with E-state index in [1.807, 2.05) is 6.07 Å². The molecule has 4 aromatic carbocycles. The monoisotopic (exact) mass is 634 g/mol. The van der Waals surface area contributed by atoms with Gasteiger partial charge in [-0.2, -0.15) is 47.0 Å². The summed E-state index contributed by atoms with van der Waals surface area (Å²) in [6.07, 6.45) is 4.89. The molecule has 0 amide bonds. The fourth-order valence-corrected chi connectivity index (χ4v) is 4.96. The van der Waals surface area contributed by atoms with Crippen LogP contribution >= 0.6 is 0 Å². The van der Waals surface area contributed by atoms with Gasteiger partial charge in [0.05, 0.1) is 0 Å².